The van der Waals surface area contributed by atoms with Gasteiger partial charge in [-0.3, -0.25) is 4.79 Å². The topological polar surface area (TPSA) is 17.1 Å². The largest absolute Gasteiger partial charge is 0.299 e. The van der Waals surface area contributed by atoms with Crippen molar-refractivity contribution in [2.45, 2.75) is 32.1 Å². The summed E-state index contributed by atoms with van der Waals surface area (Å²) in [7, 11) is 0. The first-order chi connectivity index (χ1) is 4.70. The average molecular weight is 148 g/mol. The van der Waals surface area contributed by atoms with E-state index in [1.54, 1.807) is 0 Å². The first-order valence-corrected chi connectivity index (χ1v) is 3.51. The summed E-state index contributed by atoms with van der Waals surface area (Å²) in [5.74, 6) is -0.305. The van der Waals surface area contributed by atoms with Crippen molar-refractivity contribution in [3.05, 3.63) is 0 Å². The first-order valence-electron chi connectivity index (χ1n) is 3.51. The Labute approximate surface area is 58.4 Å². The van der Waals surface area contributed by atoms with E-state index in [0.717, 1.165) is 6.42 Å². The molecule has 0 aliphatic heterocycles. The van der Waals surface area contributed by atoms with Crippen LogP contribution in [-0.2, 0) is 4.79 Å². The highest BCUT2D eigenvalue weighted by atomic mass is 19.3. The lowest BCUT2D eigenvalue weighted by atomic mass is 10.0. The fourth-order valence-corrected chi connectivity index (χ4v) is 1.35. The highest BCUT2D eigenvalue weighted by Crippen LogP contribution is 2.26. The molecule has 3 heteroatoms. The second-order valence-corrected chi connectivity index (χ2v) is 2.68. The van der Waals surface area contributed by atoms with Gasteiger partial charge in [-0.15, -0.1) is 0 Å². The van der Waals surface area contributed by atoms with Crippen molar-refractivity contribution in [1.29, 1.82) is 0 Å². The summed E-state index contributed by atoms with van der Waals surface area (Å²) in [4.78, 5) is 10.8. The molecule has 1 saturated carbocycles. The van der Waals surface area contributed by atoms with Gasteiger partial charge in [0.25, 0.3) is 0 Å². The molecule has 0 aromatic rings. The number of carbonyl (C=O) groups is 1. The summed E-state index contributed by atoms with van der Waals surface area (Å²) in [5, 5.41) is 0. The summed E-state index contributed by atoms with van der Waals surface area (Å²) in [5.41, 5.74) is 0. The molecule has 0 radical (unpaired) electrons. The van der Waals surface area contributed by atoms with E-state index in [-0.39, 0.29) is 18.1 Å². The van der Waals surface area contributed by atoms with E-state index in [9.17, 15) is 13.6 Å². The van der Waals surface area contributed by atoms with Gasteiger partial charge in [-0.1, -0.05) is 0 Å². The van der Waals surface area contributed by atoms with Crippen molar-refractivity contribution in [3.63, 3.8) is 0 Å². The number of ketones is 1. The third-order valence-corrected chi connectivity index (χ3v) is 1.89. The van der Waals surface area contributed by atoms with Crippen LogP contribution in [0.1, 0.15) is 25.7 Å². The summed E-state index contributed by atoms with van der Waals surface area (Å²) in [6, 6.07) is 0. The van der Waals surface area contributed by atoms with Crippen LogP contribution in [0.4, 0.5) is 8.78 Å². The summed E-state index contributed by atoms with van der Waals surface area (Å²) in [6.07, 6.45) is -0.553. The summed E-state index contributed by atoms with van der Waals surface area (Å²) in [6.45, 7) is 0. The quantitative estimate of drug-likeness (QED) is 0.585. The predicted molar refractivity (Wildman–Crippen MR) is 33.0 cm³/mol. The van der Waals surface area contributed by atoms with Crippen LogP contribution in [0.2, 0.25) is 0 Å². The molecule has 0 bridgehead atoms. The average Bonchev–Trinajstić information content (AvgIpc) is 2.15. The van der Waals surface area contributed by atoms with E-state index in [1.165, 1.54) is 0 Å². The Morgan fingerprint density at radius 2 is 2.30 bits per heavy atom. The van der Waals surface area contributed by atoms with Crippen LogP contribution in [0, 0.1) is 5.92 Å². The second-order valence-electron chi connectivity index (χ2n) is 2.68. The SMILES string of the molecule is O=C1CCC[C@H]1CC(F)F. The van der Waals surface area contributed by atoms with Gasteiger partial charge in [-0.05, 0) is 12.8 Å². The number of hydrogen-bond acceptors (Lipinski definition) is 1. The van der Waals surface area contributed by atoms with E-state index in [1.807, 2.05) is 0 Å². The molecule has 0 spiro atoms. The molecule has 1 fully saturated rings. The van der Waals surface area contributed by atoms with Gasteiger partial charge in [0.15, 0.2) is 0 Å². The van der Waals surface area contributed by atoms with E-state index in [2.05, 4.69) is 0 Å². The number of carbonyl (C=O) groups excluding carboxylic acids is 1. The Hall–Kier alpha value is -0.470. The van der Waals surface area contributed by atoms with Crippen LogP contribution in [0.5, 0.6) is 0 Å². The van der Waals surface area contributed by atoms with Crippen molar-refractivity contribution >= 4 is 5.78 Å². The molecular formula is C7H10F2O. The fraction of sp³-hybridized carbons (Fsp3) is 0.857. The zero-order chi connectivity index (χ0) is 7.56. The van der Waals surface area contributed by atoms with Gasteiger partial charge < -0.3 is 0 Å². The molecule has 0 unspecified atom stereocenters. The van der Waals surface area contributed by atoms with Gasteiger partial charge in [0.05, 0.1) is 0 Å². The monoisotopic (exact) mass is 148 g/mol. The highest BCUT2D eigenvalue weighted by molar-refractivity contribution is 5.82. The molecular weight excluding hydrogens is 138 g/mol. The number of Topliss-reactive ketones (excluding diaryl/α,β-unsaturated/α-hetero) is 1. The molecule has 0 saturated heterocycles. The fourth-order valence-electron chi connectivity index (χ4n) is 1.35. The first kappa shape index (κ1) is 7.63. The normalized spacial score (nSPS) is 26.3. The third kappa shape index (κ3) is 1.75. The van der Waals surface area contributed by atoms with Crippen LogP contribution in [0.3, 0.4) is 0 Å². The van der Waals surface area contributed by atoms with Crippen LogP contribution in [0.15, 0.2) is 0 Å². The second kappa shape index (κ2) is 3.08. The van der Waals surface area contributed by atoms with Gasteiger partial charge in [-0.25, -0.2) is 8.78 Å². The minimum atomic E-state index is -2.31. The van der Waals surface area contributed by atoms with Gasteiger partial charge in [-0.2, -0.15) is 0 Å². The molecule has 1 rings (SSSR count). The molecule has 1 aliphatic carbocycles. The Morgan fingerprint density at radius 1 is 1.60 bits per heavy atom. The predicted octanol–water partition coefficient (Wildman–Crippen LogP) is 2.01. The van der Waals surface area contributed by atoms with Crippen LogP contribution >= 0.6 is 0 Å². The summed E-state index contributed by atoms with van der Waals surface area (Å²) >= 11 is 0. The lowest BCUT2D eigenvalue weighted by molar-refractivity contribution is -0.121. The minimum absolute atomic E-state index is 0.0281. The smallest absolute Gasteiger partial charge is 0.239 e. The van der Waals surface area contributed by atoms with Crippen molar-refractivity contribution < 1.29 is 13.6 Å². The van der Waals surface area contributed by atoms with Crippen molar-refractivity contribution in [1.82, 2.24) is 0 Å². The molecule has 58 valence electrons. The molecule has 1 aliphatic rings. The van der Waals surface area contributed by atoms with Gasteiger partial charge in [0.2, 0.25) is 6.43 Å². The number of rotatable bonds is 2. The molecule has 0 aromatic heterocycles. The van der Waals surface area contributed by atoms with Gasteiger partial charge >= 0.3 is 0 Å². The van der Waals surface area contributed by atoms with E-state index < -0.39 is 6.43 Å². The van der Waals surface area contributed by atoms with Crippen molar-refractivity contribution in [2.75, 3.05) is 0 Å². The van der Waals surface area contributed by atoms with E-state index >= 15 is 0 Å². The number of alkyl halides is 2. The lowest BCUT2D eigenvalue weighted by Crippen LogP contribution is -2.10. The molecule has 1 nitrogen and oxygen atoms in total. The zero-order valence-electron chi connectivity index (χ0n) is 5.65. The Bertz CT molecular complexity index is 134. The molecule has 0 aromatic carbocycles. The zero-order valence-corrected chi connectivity index (χ0v) is 5.65. The van der Waals surface area contributed by atoms with E-state index in [0.29, 0.717) is 12.8 Å². The highest BCUT2D eigenvalue weighted by Gasteiger charge is 2.26. The maximum atomic E-state index is 11.7. The number of halogens is 2. The van der Waals surface area contributed by atoms with Crippen molar-refractivity contribution in [2.24, 2.45) is 5.92 Å². The van der Waals surface area contributed by atoms with E-state index in [4.69, 9.17) is 0 Å². The third-order valence-electron chi connectivity index (χ3n) is 1.89. The molecule has 0 heterocycles. The van der Waals surface area contributed by atoms with Crippen LogP contribution in [0.25, 0.3) is 0 Å². The summed E-state index contributed by atoms with van der Waals surface area (Å²) < 4.78 is 23.4. The number of hydrogen-bond donors (Lipinski definition) is 0. The van der Waals surface area contributed by atoms with Gasteiger partial charge in [0, 0.05) is 18.8 Å². The van der Waals surface area contributed by atoms with Crippen molar-refractivity contribution in [3.8, 4) is 0 Å². The minimum Gasteiger partial charge on any atom is -0.299 e. The lowest BCUT2D eigenvalue weighted by Gasteiger charge is -2.04. The standard InChI is InChI=1S/C7H10F2O/c8-7(9)4-5-2-1-3-6(5)10/h5,7H,1-4H2/t5-/m0/s1. The Balaban J connectivity index is 2.33. The van der Waals surface area contributed by atoms with Gasteiger partial charge in [0.1, 0.15) is 5.78 Å². The molecule has 0 amide bonds. The molecule has 10 heavy (non-hydrogen) atoms. The van der Waals surface area contributed by atoms with Crippen LogP contribution < -0.4 is 0 Å². The molecule has 0 N–H and O–H groups in total. The maximum absolute atomic E-state index is 11.7. The maximum Gasteiger partial charge on any atom is 0.239 e. The molecule has 1 atom stereocenters. The van der Waals surface area contributed by atoms with Crippen LogP contribution in [-0.4, -0.2) is 12.2 Å². The Morgan fingerprint density at radius 3 is 2.70 bits per heavy atom. The Kier molecular flexibility index (Phi) is 2.35.